The summed E-state index contributed by atoms with van der Waals surface area (Å²) in [6.45, 7) is 5.80. The van der Waals surface area contributed by atoms with Gasteiger partial charge < -0.3 is 14.8 Å². The molecule has 0 aliphatic carbocycles. The summed E-state index contributed by atoms with van der Waals surface area (Å²) in [5, 5.41) is 3.98. The third-order valence-electron chi connectivity index (χ3n) is 6.96. The van der Waals surface area contributed by atoms with Crippen molar-refractivity contribution in [1.29, 1.82) is 0 Å². The smallest absolute Gasteiger partial charge is 0.351 e. The summed E-state index contributed by atoms with van der Waals surface area (Å²) in [5.74, 6) is 0. The number of benzene rings is 2. The molecule has 4 aromatic rings. The van der Waals surface area contributed by atoms with Crippen LogP contribution in [0.5, 0.6) is 0 Å². The highest BCUT2D eigenvalue weighted by Gasteiger charge is 2.43. The number of thiocarbonyl (C=S) groups is 1. The van der Waals surface area contributed by atoms with Gasteiger partial charge in [-0.2, -0.15) is 13.2 Å². The van der Waals surface area contributed by atoms with Gasteiger partial charge in [-0.25, -0.2) is 0 Å². The third kappa shape index (κ3) is 4.50. The van der Waals surface area contributed by atoms with Crippen LogP contribution in [0.15, 0.2) is 79.0 Å². The Kier molecular flexibility index (Phi) is 6.54. The van der Waals surface area contributed by atoms with Gasteiger partial charge in [-0.1, -0.05) is 37.3 Å². The molecule has 3 heterocycles. The van der Waals surface area contributed by atoms with Gasteiger partial charge in [0.05, 0.1) is 29.0 Å². The maximum atomic E-state index is 13.9. The molecule has 0 spiro atoms. The number of alkyl halides is 3. The van der Waals surface area contributed by atoms with Crippen LogP contribution < -0.4 is 10.2 Å². The minimum Gasteiger partial charge on any atom is -0.351 e. The van der Waals surface area contributed by atoms with Crippen molar-refractivity contribution in [2.75, 3.05) is 4.90 Å². The lowest BCUT2D eigenvalue weighted by molar-refractivity contribution is -0.137. The Bertz CT molecular complexity index is 1430. The molecule has 1 N–H and O–H groups in total. The van der Waals surface area contributed by atoms with E-state index in [0.29, 0.717) is 10.8 Å². The van der Waals surface area contributed by atoms with Gasteiger partial charge in [-0.3, -0.25) is 4.98 Å². The van der Waals surface area contributed by atoms with Crippen molar-refractivity contribution in [1.82, 2.24) is 14.9 Å². The number of halogens is 3. The van der Waals surface area contributed by atoms with E-state index in [1.165, 1.54) is 17.7 Å². The predicted octanol–water partition coefficient (Wildman–Crippen LogP) is 7.25. The topological polar surface area (TPSA) is 33.1 Å². The fourth-order valence-electron chi connectivity index (χ4n) is 5.21. The molecule has 0 radical (unpaired) electrons. The van der Waals surface area contributed by atoms with Crippen molar-refractivity contribution >= 4 is 23.0 Å². The number of aryl methyl sites for hydroxylation is 2. The van der Waals surface area contributed by atoms with Crippen LogP contribution >= 0.6 is 12.2 Å². The average molecular weight is 521 g/mol. The van der Waals surface area contributed by atoms with Gasteiger partial charge in [0, 0.05) is 23.3 Å². The Balaban J connectivity index is 1.69. The molecule has 2 aromatic heterocycles. The Morgan fingerprint density at radius 2 is 1.68 bits per heavy atom. The van der Waals surface area contributed by atoms with Gasteiger partial charge in [0.1, 0.15) is 0 Å². The van der Waals surface area contributed by atoms with E-state index in [1.54, 1.807) is 16.8 Å². The predicted molar refractivity (Wildman–Crippen MR) is 144 cm³/mol. The number of para-hydroxylation sites is 1. The number of hydrogen-bond donors (Lipinski definition) is 1. The molecule has 1 saturated heterocycles. The van der Waals surface area contributed by atoms with E-state index in [0.717, 1.165) is 35.1 Å². The molecular formula is C29H27F3N4S. The summed E-state index contributed by atoms with van der Waals surface area (Å²) in [6, 6.07) is 21.0. The zero-order valence-electron chi connectivity index (χ0n) is 20.8. The molecule has 0 amide bonds. The second-order valence-corrected chi connectivity index (χ2v) is 9.58. The van der Waals surface area contributed by atoms with E-state index in [2.05, 4.69) is 34.3 Å². The summed E-state index contributed by atoms with van der Waals surface area (Å²) in [6.07, 6.45) is -1.82. The monoisotopic (exact) mass is 520 g/mol. The molecule has 2 aromatic carbocycles. The lowest BCUT2D eigenvalue weighted by Crippen LogP contribution is -2.29. The van der Waals surface area contributed by atoms with Crippen molar-refractivity contribution in [3.05, 3.63) is 113 Å². The van der Waals surface area contributed by atoms with Crippen LogP contribution in [-0.2, 0) is 12.6 Å². The number of aromatic nitrogens is 2. The summed E-state index contributed by atoms with van der Waals surface area (Å²) < 4.78 is 43.5. The van der Waals surface area contributed by atoms with Gasteiger partial charge in [0.15, 0.2) is 5.11 Å². The minimum atomic E-state index is -4.47. The highest BCUT2D eigenvalue weighted by atomic mass is 32.1. The average Bonchev–Trinajstić information content (AvgIpc) is 3.39. The SMILES string of the molecule is CCc1ccc(N2C(=S)N[C@@H](c3ccccn3)[C@@H]2c2cc(C)n(-c3ccccc3C(F)(F)F)c2C)cc1. The second kappa shape index (κ2) is 9.67. The van der Waals surface area contributed by atoms with Crippen LogP contribution in [0, 0.1) is 13.8 Å². The summed E-state index contributed by atoms with van der Waals surface area (Å²) in [7, 11) is 0. The van der Waals surface area contributed by atoms with E-state index in [9.17, 15) is 13.2 Å². The van der Waals surface area contributed by atoms with Gasteiger partial charge in [-0.15, -0.1) is 0 Å². The molecule has 0 unspecified atom stereocenters. The molecule has 190 valence electrons. The van der Waals surface area contributed by atoms with E-state index in [1.807, 2.05) is 50.2 Å². The highest BCUT2D eigenvalue weighted by molar-refractivity contribution is 7.80. The molecule has 0 bridgehead atoms. The van der Waals surface area contributed by atoms with Crippen molar-refractivity contribution in [3.8, 4) is 5.69 Å². The molecule has 1 fully saturated rings. The fourth-order valence-corrected chi connectivity index (χ4v) is 5.55. The molecule has 37 heavy (non-hydrogen) atoms. The van der Waals surface area contributed by atoms with Crippen molar-refractivity contribution in [2.45, 2.75) is 45.5 Å². The lowest BCUT2D eigenvalue weighted by Gasteiger charge is -2.28. The summed E-state index contributed by atoms with van der Waals surface area (Å²) in [4.78, 5) is 6.64. The van der Waals surface area contributed by atoms with Crippen LogP contribution in [0.2, 0.25) is 0 Å². The molecule has 8 heteroatoms. The Hall–Kier alpha value is -3.65. The highest BCUT2D eigenvalue weighted by Crippen LogP contribution is 2.44. The molecule has 5 rings (SSSR count). The zero-order chi connectivity index (χ0) is 26.3. The van der Waals surface area contributed by atoms with E-state index in [-0.39, 0.29) is 17.8 Å². The maximum absolute atomic E-state index is 13.9. The standard InChI is InChI=1S/C29H27F3N4S/c1-4-20-12-14-21(15-13-20)36-27(26(34-28(36)37)24-10-7-8-16-33-24)22-17-18(2)35(19(22)3)25-11-6-5-9-23(25)29(30,31)32/h5-17,26-27H,4H2,1-3H3,(H,34,37)/t26-,27-/m0/s1. The van der Waals surface area contributed by atoms with Crippen LogP contribution in [0.4, 0.5) is 18.9 Å². The van der Waals surface area contributed by atoms with Gasteiger partial charge in [0.2, 0.25) is 0 Å². The largest absolute Gasteiger partial charge is 0.418 e. The molecule has 1 aliphatic rings. The number of hydrogen-bond acceptors (Lipinski definition) is 2. The number of pyridine rings is 1. The minimum absolute atomic E-state index is 0.109. The van der Waals surface area contributed by atoms with Crippen LogP contribution in [-0.4, -0.2) is 14.7 Å². The van der Waals surface area contributed by atoms with Gasteiger partial charge >= 0.3 is 6.18 Å². The van der Waals surface area contributed by atoms with Crippen LogP contribution in [0.1, 0.15) is 52.8 Å². The molecule has 1 aliphatic heterocycles. The number of nitrogens with one attached hydrogen (secondary N) is 1. The normalized spacial score (nSPS) is 17.8. The first-order valence-corrected chi connectivity index (χ1v) is 12.6. The number of nitrogens with zero attached hydrogens (tertiary/aromatic N) is 3. The van der Waals surface area contributed by atoms with Crippen LogP contribution in [0.3, 0.4) is 0 Å². The Morgan fingerprint density at radius 1 is 0.973 bits per heavy atom. The van der Waals surface area contributed by atoms with Crippen molar-refractivity contribution < 1.29 is 13.2 Å². The Labute approximate surface area is 219 Å². The van der Waals surface area contributed by atoms with Crippen molar-refractivity contribution in [3.63, 3.8) is 0 Å². The summed E-state index contributed by atoms with van der Waals surface area (Å²) in [5.41, 5.74) is 4.69. The fraction of sp³-hybridized carbons (Fsp3) is 0.241. The number of rotatable bonds is 5. The lowest BCUT2D eigenvalue weighted by atomic mass is 9.96. The van der Waals surface area contributed by atoms with E-state index < -0.39 is 11.7 Å². The Morgan fingerprint density at radius 3 is 2.32 bits per heavy atom. The zero-order valence-corrected chi connectivity index (χ0v) is 21.6. The number of anilines is 1. The maximum Gasteiger partial charge on any atom is 0.418 e. The quantitative estimate of drug-likeness (QED) is 0.281. The first-order chi connectivity index (χ1) is 17.7. The second-order valence-electron chi connectivity index (χ2n) is 9.19. The molecule has 2 atom stereocenters. The van der Waals surface area contributed by atoms with E-state index in [4.69, 9.17) is 12.2 Å². The van der Waals surface area contributed by atoms with Gasteiger partial charge in [0.25, 0.3) is 0 Å². The van der Waals surface area contributed by atoms with Crippen molar-refractivity contribution in [2.24, 2.45) is 0 Å². The van der Waals surface area contributed by atoms with Crippen LogP contribution in [0.25, 0.3) is 5.69 Å². The molecule has 0 saturated carbocycles. The third-order valence-corrected chi connectivity index (χ3v) is 7.27. The molecule has 4 nitrogen and oxygen atoms in total. The molecular weight excluding hydrogens is 493 g/mol. The summed E-state index contributed by atoms with van der Waals surface area (Å²) >= 11 is 5.82. The first-order valence-electron chi connectivity index (χ1n) is 12.2. The van der Waals surface area contributed by atoms with Gasteiger partial charge in [-0.05, 0) is 86.1 Å². The van der Waals surface area contributed by atoms with E-state index >= 15 is 0 Å². The first kappa shape index (κ1) is 25.0.